The van der Waals surface area contributed by atoms with Crippen molar-refractivity contribution in [3.8, 4) is 17.0 Å². The zero-order valence-electron chi connectivity index (χ0n) is 17.2. The Morgan fingerprint density at radius 2 is 1.91 bits per heavy atom. The third kappa shape index (κ3) is 4.34. The summed E-state index contributed by atoms with van der Waals surface area (Å²) >= 11 is 0. The number of ether oxygens (including phenoxy) is 1. The molecule has 0 saturated carbocycles. The van der Waals surface area contributed by atoms with Crippen molar-refractivity contribution in [1.82, 2.24) is 19.8 Å². The van der Waals surface area contributed by atoms with Crippen molar-refractivity contribution in [2.75, 3.05) is 32.1 Å². The SMILES string of the molecule is COc1ccccc1-c1cc(NC(=O)c2ccc(S(=O)(=O)N3CCNC(=O)C3)cc2)n[nH]1. The molecular formula is C21H21N5O5S. The van der Waals surface area contributed by atoms with Gasteiger partial charge in [-0.05, 0) is 36.4 Å². The van der Waals surface area contributed by atoms with E-state index in [1.807, 2.05) is 24.3 Å². The third-order valence-electron chi connectivity index (χ3n) is 4.97. The molecule has 3 N–H and O–H groups in total. The largest absolute Gasteiger partial charge is 0.496 e. The van der Waals surface area contributed by atoms with Crippen LogP contribution < -0.4 is 15.4 Å². The summed E-state index contributed by atoms with van der Waals surface area (Å²) in [6.45, 7) is 0.237. The Balaban J connectivity index is 1.47. The molecule has 166 valence electrons. The summed E-state index contributed by atoms with van der Waals surface area (Å²) in [5.41, 5.74) is 1.73. The highest BCUT2D eigenvalue weighted by atomic mass is 32.2. The fourth-order valence-electron chi connectivity index (χ4n) is 3.33. The highest BCUT2D eigenvalue weighted by Crippen LogP contribution is 2.29. The van der Waals surface area contributed by atoms with Gasteiger partial charge in [-0.15, -0.1) is 0 Å². The summed E-state index contributed by atoms with van der Waals surface area (Å²) in [6, 6.07) is 14.6. The quantitative estimate of drug-likeness (QED) is 0.515. The number of carbonyl (C=O) groups is 2. The lowest BCUT2D eigenvalue weighted by molar-refractivity contribution is -0.122. The molecule has 1 fully saturated rings. The van der Waals surface area contributed by atoms with Gasteiger partial charge in [0.1, 0.15) is 5.75 Å². The second kappa shape index (κ2) is 8.81. The zero-order valence-corrected chi connectivity index (χ0v) is 18.0. The van der Waals surface area contributed by atoms with E-state index in [4.69, 9.17) is 4.74 Å². The van der Waals surface area contributed by atoms with Crippen molar-refractivity contribution in [3.05, 3.63) is 60.2 Å². The van der Waals surface area contributed by atoms with Crippen LogP contribution in [0.1, 0.15) is 10.4 Å². The van der Waals surface area contributed by atoms with Crippen molar-refractivity contribution in [3.63, 3.8) is 0 Å². The molecule has 0 bridgehead atoms. The van der Waals surface area contributed by atoms with Crippen molar-refractivity contribution in [1.29, 1.82) is 0 Å². The van der Waals surface area contributed by atoms with Gasteiger partial charge in [-0.3, -0.25) is 14.7 Å². The number of hydrogen-bond acceptors (Lipinski definition) is 6. The van der Waals surface area contributed by atoms with Gasteiger partial charge in [-0.25, -0.2) is 8.42 Å². The summed E-state index contributed by atoms with van der Waals surface area (Å²) in [7, 11) is -2.25. The van der Waals surface area contributed by atoms with E-state index in [1.54, 1.807) is 13.2 Å². The van der Waals surface area contributed by atoms with Gasteiger partial charge < -0.3 is 15.4 Å². The highest BCUT2D eigenvalue weighted by Gasteiger charge is 2.29. The lowest BCUT2D eigenvalue weighted by Crippen LogP contribution is -2.49. The molecule has 1 aliphatic rings. The van der Waals surface area contributed by atoms with Crippen molar-refractivity contribution in [2.45, 2.75) is 4.90 Å². The fourth-order valence-corrected chi connectivity index (χ4v) is 4.72. The topological polar surface area (TPSA) is 133 Å². The predicted molar refractivity (Wildman–Crippen MR) is 117 cm³/mol. The Hall–Kier alpha value is -3.70. The molecule has 0 aliphatic carbocycles. The van der Waals surface area contributed by atoms with Gasteiger partial charge in [-0.2, -0.15) is 9.40 Å². The number of hydrogen-bond donors (Lipinski definition) is 3. The minimum absolute atomic E-state index is 0.0157. The van der Waals surface area contributed by atoms with Crippen LogP contribution in [0, 0.1) is 0 Å². The molecule has 0 atom stereocenters. The number of aromatic nitrogens is 2. The number of nitrogens with zero attached hydrogens (tertiary/aromatic N) is 2. The van der Waals surface area contributed by atoms with E-state index in [2.05, 4.69) is 20.8 Å². The average Bonchev–Trinajstić information content (AvgIpc) is 3.27. The van der Waals surface area contributed by atoms with E-state index in [0.29, 0.717) is 17.3 Å². The first-order valence-corrected chi connectivity index (χ1v) is 11.2. The summed E-state index contributed by atoms with van der Waals surface area (Å²) in [5, 5.41) is 12.2. The van der Waals surface area contributed by atoms with E-state index in [0.717, 1.165) is 9.87 Å². The normalized spacial score (nSPS) is 14.6. The van der Waals surface area contributed by atoms with Crippen molar-refractivity contribution in [2.24, 2.45) is 0 Å². The Morgan fingerprint density at radius 3 is 2.62 bits per heavy atom. The molecular weight excluding hydrogens is 434 g/mol. The standard InChI is InChI=1S/C21H21N5O5S/c1-31-18-5-3-2-4-16(18)17-12-19(25-24-17)23-21(28)14-6-8-15(9-7-14)32(29,30)26-11-10-22-20(27)13-26/h2-9,12H,10-11,13H2,1H3,(H,22,27)(H2,23,24,25,28). The molecule has 1 aromatic heterocycles. The maximum atomic E-state index is 12.7. The Bertz CT molecular complexity index is 1250. The third-order valence-corrected chi connectivity index (χ3v) is 6.83. The van der Waals surface area contributed by atoms with Crippen LogP contribution in [0.25, 0.3) is 11.3 Å². The van der Waals surface area contributed by atoms with Crippen LogP contribution in [-0.2, 0) is 14.8 Å². The minimum atomic E-state index is -3.82. The van der Waals surface area contributed by atoms with Gasteiger partial charge in [0.05, 0.1) is 24.2 Å². The average molecular weight is 455 g/mol. The predicted octanol–water partition coefficient (Wildman–Crippen LogP) is 1.46. The molecule has 0 radical (unpaired) electrons. The number of amides is 2. The van der Waals surface area contributed by atoms with Gasteiger partial charge in [0.25, 0.3) is 5.91 Å². The number of rotatable bonds is 6. The molecule has 2 aromatic carbocycles. The molecule has 11 heteroatoms. The second-order valence-corrected chi connectivity index (χ2v) is 8.97. The molecule has 2 amide bonds. The molecule has 1 saturated heterocycles. The fraction of sp³-hybridized carbons (Fsp3) is 0.190. The number of methoxy groups -OCH3 is 1. The highest BCUT2D eigenvalue weighted by molar-refractivity contribution is 7.89. The first-order chi connectivity index (χ1) is 15.4. The number of carbonyl (C=O) groups excluding carboxylic acids is 2. The maximum Gasteiger partial charge on any atom is 0.256 e. The number of piperazine rings is 1. The minimum Gasteiger partial charge on any atom is -0.496 e. The molecule has 32 heavy (non-hydrogen) atoms. The molecule has 3 aromatic rings. The summed E-state index contributed by atoms with van der Waals surface area (Å²) < 4.78 is 31.9. The number of benzene rings is 2. The molecule has 0 spiro atoms. The lowest BCUT2D eigenvalue weighted by atomic mass is 10.1. The Morgan fingerprint density at radius 1 is 1.16 bits per heavy atom. The van der Waals surface area contributed by atoms with Crippen LogP contribution in [0.5, 0.6) is 5.75 Å². The number of para-hydroxylation sites is 1. The summed E-state index contributed by atoms with van der Waals surface area (Å²) in [6.07, 6.45) is 0. The molecule has 1 aliphatic heterocycles. The van der Waals surface area contributed by atoms with Crippen LogP contribution in [0.4, 0.5) is 5.82 Å². The van der Waals surface area contributed by atoms with E-state index >= 15 is 0 Å². The van der Waals surface area contributed by atoms with Crippen LogP contribution in [0.2, 0.25) is 0 Å². The van der Waals surface area contributed by atoms with Gasteiger partial charge >= 0.3 is 0 Å². The Kier molecular flexibility index (Phi) is 5.93. The zero-order chi connectivity index (χ0) is 22.7. The second-order valence-electron chi connectivity index (χ2n) is 7.03. The number of H-pyrrole nitrogens is 1. The van der Waals surface area contributed by atoms with Crippen LogP contribution >= 0.6 is 0 Å². The number of nitrogens with one attached hydrogen (secondary N) is 3. The van der Waals surface area contributed by atoms with Crippen molar-refractivity contribution >= 4 is 27.7 Å². The Labute approximate surface area is 184 Å². The van der Waals surface area contributed by atoms with E-state index in [-0.39, 0.29) is 36.0 Å². The van der Waals surface area contributed by atoms with E-state index in [1.165, 1.54) is 24.3 Å². The smallest absolute Gasteiger partial charge is 0.256 e. The summed E-state index contributed by atoms with van der Waals surface area (Å²) in [4.78, 5) is 24.1. The number of anilines is 1. The molecule has 4 rings (SSSR count). The van der Waals surface area contributed by atoms with Gasteiger partial charge in [-0.1, -0.05) is 12.1 Å². The van der Waals surface area contributed by atoms with E-state index < -0.39 is 15.9 Å². The van der Waals surface area contributed by atoms with E-state index in [9.17, 15) is 18.0 Å². The number of aromatic amines is 1. The lowest BCUT2D eigenvalue weighted by Gasteiger charge is -2.25. The van der Waals surface area contributed by atoms with Gasteiger partial charge in [0, 0.05) is 30.3 Å². The summed E-state index contributed by atoms with van der Waals surface area (Å²) in [5.74, 6) is 0.190. The van der Waals surface area contributed by atoms with Crippen LogP contribution in [0.15, 0.2) is 59.5 Å². The molecule has 0 unspecified atom stereocenters. The molecule has 2 heterocycles. The first-order valence-electron chi connectivity index (χ1n) is 9.75. The van der Waals surface area contributed by atoms with Crippen LogP contribution in [0.3, 0.4) is 0 Å². The monoisotopic (exact) mass is 455 g/mol. The van der Waals surface area contributed by atoms with Gasteiger partial charge in [0.2, 0.25) is 15.9 Å². The maximum absolute atomic E-state index is 12.7. The van der Waals surface area contributed by atoms with Gasteiger partial charge in [0.15, 0.2) is 5.82 Å². The van der Waals surface area contributed by atoms with Crippen molar-refractivity contribution < 1.29 is 22.7 Å². The molecule has 10 nitrogen and oxygen atoms in total. The first kappa shape index (κ1) is 21.5. The van der Waals surface area contributed by atoms with Crippen LogP contribution in [-0.4, -0.2) is 61.5 Å². The number of sulfonamides is 1.